The van der Waals surface area contributed by atoms with Gasteiger partial charge in [-0.05, 0) is 35.9 Å². The molecule has 5 nitrogen and oxygen atoms in total. The molecule has 0 unspecified atom stereocenters. The molecule has 0 spiro atoms. The highest BCUT2D eigenvalue weighted by molar-refractivity contribution is 7.98. The van der Waals surface area contributed by atoms with Crippen LogP contribution in [-0.2, 0) is 10.5 Å². The van der Waals surface area contributed by atoms with Crippen molar-refractivity contribution in [3.05, 3.63) is 94.8 Å². The number of carbonyl (C=O) groups excluding carboxylic acids is 1. The minimum absolute atomic E-state index is 0.203. The summed E-state index contributed by atoms with van der Waals surface area (Å²) >= 11 is 1.51. The van der Waals surface area contributed by atoms with Crippen molar-refractivity contribution < 1.29 is 9.53 Å². The van der Waals surface area contributed by atoms with E-state index in [1.165, 1.54) is 18.7 Å². The Bertz CT molecular complexity index is 1220. The highest BCUT2D eigenvalue weighted by Crippen LogP contribution is 2.26. The van der Waals surface area contributed by atoms with Crippen LogP contribution in [0.15, 0.2) is 88.8 Å². The van der Waals surface area contributed by atoms with Gasteiger partial charge >= 0.3 is 5.97 Å². The molecule has 0 bridgehead atoms. The summed E-state index contributed by atoms with van der Waals surface area (Å²) in [6, 6.07) is 24.4. The second-order valence-corrected chi connectivity index (χ2v) is 7.36. The van der Waals surface area contributed by atoms with E-state index < -0.39 is 5.97 Å². The zero-order chi connectivity index (χ0) is 20.2. The molecule has 0 aliphatic carbocycles. The fourth-order valence-electron chi connectivity index (χ4n) is 3.00. The van der Waals surface area contributed by atoms with Crippen LogP contribution in [0.1, 0.15) is 12.5 Å². The number of carbonyl (C=O) groups is 1. The number of para-hydroxylation sites is 1. The van der Waals surface area contributed by atoms with E-state index >= 15 is 0 Å². The van der Waals surface area contributed by atoms with Gasteiger partial charge in [0.2, 0.25) is 0 Å². The first kappa shape index (κ1) is 19.0. The summed E-state index contributed by atoms with van der Waals surface area (Å²) in [4.78, 5) is 29.4. The largest absolute Gasteiger partial charge is 0.427 e. The molecular formula is C23H18N2O3S. The van der Waals surface area contributed by atoms with Gasteiger partial charge < -0.3 is 4.74 Å². The molecule has 3 aromatic carbocycles. The van der Waals surface area contributed by atoms with E-state index in [1.54, 1.807) is 22.8 Å². The molecule has 1 heterocycles. The number of thioether (sulfide) groups is 1. The average molecular weight is 402 g/mol. The topological polar surface area (TPSA) is 61.2 Å². The third-order valence-electron chi connectivity index (χ3n) is 4.30. The summed E-state index contributed by atoms with van der Waals surface area (Å²) in [7, 11) is 0. The van der Waals surface area contributed by atoms with Crippen molar-refractivity contribution in [3.8, 4) is 11.4 Å². The van der Waals surface area contributed by atoms with Crippen molar-refractivity contribution in [3.63, 3.8) is 0 Å². The number of nitrogens with zero attached hydrogens (tertiary/aromatic N) is 2. The number of hydrogen-bond donors (Lipinski definition) is 0. The van der Waals surface area contributed by atoms with Gasteiger partial charge in [0.05, 0.1) is 16.6 Å². The Morgan fingerprint density at radius 1 is 1.00 bits per heavy atom. The van der Waals surface area contributed by atoms with Crippen molar-refractivity contribution in [2.24, 2.45) is 0 Å². The van der Waals surface area contributed by atoms with Crippen LogP contribution in [0.5, 0.6) is 5.75 Å². The molecule has 4 rings (SSSR count). The first-order valence-corrected chi connectivity index (χ1v) is 10.1. The Morgan fingerprint density at radius 2 is 1.69 bits per heavy atom. The van der Waals surface area contributed by atoms with Crippen molar-refractivity contribution in [2.75, 3.05) is 0 Å². The summed E-state index contributed by atoms with van der Waals surface area (Å²) in [6.45, 7) is 1.33. The molecule has 0 N–H and O–H groups in total. The number of rotatable bonds is 5. The van der Waals surface area contributed by atoms with E-state index in [0.29, 0.717) is 27.6 Å². The Kier molecular flexibility index (Phi) is 5.44. The standard InChI is InChI=1S/C23H18N2O3S/c1-16(26)28-19-12-13-21-20(14-19)22(27)25(18-10-6-3-7-11-18)23(24-21)29-15-17-8-4-2-5-9-17/h2-14H,15H2,1H3. The zero-order valence-electron chi connectivity index (χ0n) is 15.7. The fraction of sp³-hybridized carbons (Fsp3) is 0.0870. The van der Waals surface area contributed by atoms with Gasteiger partial charge in [0.15, 0.2) is 5.16 Å². The first-order chi connectivity index (χ1) is 14.1. The lowest BCUT2D eigenvalue weighted by Gasteiger charge is -2.13. The van der Waals surface area contributed by atoms with Gasteiger partial charge in [-0.15, -0.1) is 0 Å². The minimum atomic E-state index is -0.435. The average Bonchev–Trinajstić information content (AvgIpc) is 2.74. The summed E-state index contributed by atoms with van der Waals surface area (Å²) in [6.07, 6.45) is 0. The Balaban J connectivity index is 1.84. The summed E-state index contributed by atoms with van der Waals surface area (Å²) < 4.78 is 6.74. The van der Waals surface area contributed by atoms with Crippen LogP contribution in [0.3, 0.4) is 0 Å². The number of benzene rings is 3. The van der Waals surface area contributed by atoms with Gasteiger partial charge in [-0.1, -0.05) is 60.3 Å². The molecule has 0 aliphatic rings. The second kappa shape index (κ2) is 8.32. The quantitative estimate of drug-likeness (QED) is 0.211. The van der Waals surface area contributed by atoms with Gasteiger partial charge in [-0.3, -0.25) is 14.2 Å². The van der Waals surface area contributed by atoms with E-state index in [0.717, 1.165) is 11.3 Å². The lowest BCUT2D eigenvalue weighted by atomic mass is 10.2. The van der Waals surface area contributed by atoms with Crippen molar-refractivity contribution in [2.45, 2.75) is 17.8 Å². The molecule has 0 saturated carbocycles. The maximum atomic E-state index is 13.4. The molecule has 4 aromatic rings. The monoisotopic (exact) mass is 402 g/mol. The number of ether oxygens (including phenoxy) is 1. The predicted molar refractivity (Wildman–Crippen MR) is 115 cm³/mol. The Morgan fingerprint density at radius 3 is 2.38 bits per heavy atom. The Hall–Kier alpha value is -3.38. The van der Waals surface area contributed by atoms with E-state index in [-0.39, 0.29) is 5.56 Å². The smallest absolute Gasteiger partial charge is 0.308 e. The summed E-state index contributed by atoms with van der Waals surface area (Å²) in [5.74, 6) is 0.584. The normalized spacial score (nSPS) is 10.8. The second-order valence-electron chi connectivity index (χ2n) is 6.42. The molecule has 1 aromatic heterocycles. The van der Waals surface area contributed by atoms with Crippen LogP contribution in [-0.4, -0.2) is 15.5 Å². The van der Waals surface area contributed by atoms with Gasteiger partial charge in [0.1, 0.15) is 5.75 Å². The van der Waals surface area contributed by atoms with Crippen LogP contribution in [0, 0.1) is 0 Å². The molecule has 0 aliphatic heterocycles. The summed E-state index contributed by atoms with van der Waals surface area (Å²) in [5, 5.41) is 1.01. The number of esters is 1. The van der Waals surface area contributed by atoms with E-state index in [1.807, 2.05) is 60.7 Å². The number of aromatic nitrogens is 2. The summed E-state index contributed by atoms with van der Waals surface area (Å²) in [5.41, 5.74) is 2.25. The van der Waals surface area contributed by atoms with Crippen molar-refractivity contribution >= 4 is 28.6 Å². The molecule has 0 radical (unpaired) electrons. The highest BCUT2D eigenvalue weighted by atomic mass is 32.2. The van der Waals surface area contributed by atoms with Crippen LogP contribution in [0.25, 0.3) is 16.6 Å². The minimum Gasteiger partial charge on any atom is -0.427 e. The van der Waals surface area contributed by atoms with Gasteiger partial charge in [-0.25, -0.2) is 4.98 Å². The lowest BCUT2D eigenvalue weighted by molar-refractivity contribution is -0.131. The van der Waals surface area contributed by atoms with Gasteiger partial charge in [0, 0.05) is 12.7 Å². The third kappa shape index (κ3) is 4.22. The van der Waals surface area contributed by atoms with Crippen molar-refractivity contribution in [1.29, 1.82) is 0 Å². The van der Waals surface area contributed by atoms with E-state index in [4.69, 9.17) is 9.72 Å². The molecular weight excluding hydrogens is 384 g/mol. The van der Waals surface area contributed by atoms with E-state index in [9.17, 15) is 9.59 Å². The molecule has 29 heavy (non-hydrogen) atoms. The molecule has 0 fully saturated rings. The van der Waals surface area contributed by atoms with Crippen LogP contribution >= 0.6 is 11.8 Å². The third-order valence-corrected chi connectivity index (χ3v) is 5.31. The van der Waals surface area contributed by atoms with Crippen LogP contribution in [0.2, 0.25) is 0 Å². The molecule has 0 saturated heterocycles. The zero-order valence-corrected chi connectivity index (χ0v) is 16.6. The fourth-order valence-corrected chi connectivity index (χ4v) is 3.97. The molecule has 6 heteroatoms. The van der Waals surface area contributed by atoms with Crippen molar-refractivity contribution in [1.82, 2.24) is 9.55 Å². The molecule has 0 amide bonds. The SMILES string of the molecule is CC(=O)Oc1ccc2nc(SCc3ccccc3)n(-c3ccccc3)c(=O)c2c1. The van der Waals surface area contributed by atoms with E-state index in [2.05, 4.69) is 0 Å². The number of hydrogen-bond acceptors (Lipinski definition) is 5. The highest BCUT2D eigenvalue weighted by Gasteiger charge is 2.14. The molecule has 0 atom stereocenters. The maximum Gasteiger partial charge on any atom is 0.308 e. The lowest BCUT2D eigenvalue weighted by Crippen LogP contribution is -2.21. The predicted octanol–water partition coefficient (Wildman–Crippen LogP) is 4.60. The maximum absolute atomic E-state index is 13.4. The van der Waals surface area contributed by atoms with Gasteiger partial charge in [-0.2, -0.15) is 0 Å². The number of fused-ring (bicyclic) bond motifs is 1. The van der Waals surface area contributed by atoms with Crippen LogP contribution < -0.4 is 10.3 Å². The van der Waals surface area contributed by atoms with Gasteiger partial charge in [0.25, 0.3) is 5.56 Å². The van der Waals surface area contributed by atoms with Crippen LogP contribution in [0.4, 0.5) is 0 Å². The molecule has 144 valence electrons. The Labute approximate surface area is 172 Å². The first-order valence-electron chi connectivity index (χ1n) is 9.09.